The lowest BCUT2D eigenvalue weighted by Gasteiger charge is -2.19. The number of carbonyl (C=O) groups is 2. The van der Waals surface area contributed by atoms with Gasteiger partial charge in [0.1, 0.15) is 12.6 Å². The van der Waals surface area contributed by atoms with Crippen molar-refractivity contribution in [3.8, 4) is 0 Å². The minimum atomic E-state index is -0.719. The summed E-state index contributed by atoms with van der Waals surface area (Å²) in [7, 11) is 1.28. The highest BCUT2D eigenvalue weighted by Gasteiger charge is 2.25. The first-order chi connectivity index (χ1) is 9.43. The number of pyridine rings is 1. The Morgan fingerprint density at radius 2 is 2.05 bits per heavy atom. The Balaban J connectivity index is 2.52. The first kappa shape index (κ1) is 15.9. The van der Waals surface area contributed by atoms with E-state index in [0.717, 1.165) is 11.1 Å². The molecule has 1 amide bonds. The summed E-state index contributed by atoms with van der Waals surface area (Å²) in [4.78, 5) is 27.2. The predicted molar refractivity (Wildman–Crippen MR) is 72.9 cm³/mol. The van der Waals surface area contributed by atoms with Crippen LogP contribution in [-0.2, 0) is 20.9 Å². The van der Waals surface area contributed by atoms with Crippen LogP contribution in [-0.4, -0.2) is 30.2 Å². The second-order valence-electron chi connectivity index (χ2n) is 4.84. The summed E-state index contributed by atoms with van der Waals surface area (Å²) in [5.41, 5.74) is 1.78. The molecule has 110 valence electrons. The monoisotopic (exact) mass is 280 g/mol. The summed E-state index contributed by atoms with van der Waals surface area (Å²) in [5, 5.41) is 2.50. The fourth-order valence-corrected chi connectivity index (χ4v) is 1.64. The average molecular weight is 280 g/mol. The molecule has 1 heterocycles. The van der Waals surface area contributed by atoms with Crippen molar-refractivity contribution in [3.05, 3.63) is 29.6 Å². The van der Waals surface area contributed by atoms with Crippen molar-refractivity contribution < 1.29 is 19.1 Å². The van der Waals surface area contributed by atoms with Crippen LogP contribution in [0.5, 0.6) is 0 Å². The van der Waals surface area contributed by atoms with E-state index in [1.165, 1.54) is 7.11 Å². The highest BCUT2D eigenvalue weighted by Crippen LogP contribution is 2.06. The molecule has 1 rings (SSSR count). The number of aryl methyl sites for hydroxylation is 1. The number of aromatic nitrogens is 1. The molecule has 0 saturated heterocycles. The lowest BCUT2D eigenvalue weighted by Crippen LogP contribution is -2.45. The van der Waals surface area contributed by atoms with Gasteiger partial charge >= 0.3 is 12.1 Å². The minimum Gasteiger partial charge on any atom is -0.467 e. The third-order valence-corrected chi connectivity index (χ3v) is 2.70. The fraction of sp³-hybridized carbons (Fsp3) is 0.500. The van der Waals surface area contributed by atoms with Gasteiger partial charge in [-0.05, 0) is 24.5 Å². The number of nitrogens with one attached hydrogen (secondary N) is 1. The molecule has 1 aromatic heterocycles. The summed E-state index contributed by atoms with van der Waals surface area (Å²) in [6.45, 7) is 5.63. The maximum absolute atomic E-state index is 11.7. The molecule has 1 atom stereocenters. The number of ether oxygens (including phenoxy) is 2. The van der Waals surface area contributed by atoms with Gasteiger partial charge in [0.2, 0.25) is 0 Å². The van der Waals surface area contributed by atoms with Crippen LogP contribution in [0.2, 0.25) is 0 Å². The summed E-state index contributed by atoms with van der Waals surface area (Å²) < 4.78 is 9.69. The molecule has 0 unspecified atom stereocenters. The van der Waals surface area contributed by atoms with Crippen LogP contribution in [0.15, 0.2) is 18.5 Å². The summed E-state index contributed by atoms with van der Waals surface area (Å²) in [6.07, 6.45) is 2.69. The van der Waals surface area contributed by atoms with E-state index in [2.05, 4.69) is 15.0 Å². The predicted octanol–water partition coefficient (Wildman–Crippen LogP) is 1.81. The maximum atomic E-state index is 11.7. The number of amides is 1. The fourth-order valence-electron chi connectivity index (χ4n) is 1.64. The Morgan fingerprint density at radius 1 is 1.35 bits per heavy atom. The molecule has 1 N–H and O–H groups in total. The van der Waals surface area contributed by atoms with Gasteiger partial charge in [-0.15, -0.1) is 0 Å². The van der Waals surface area contributed by atoms with Crippen LogP contribution >= 0.6 is 0 Å². The number of methoxy groups -OCH3 is 1. The number of nitrogens with zero attached hydrogens (tertiary/aromatic N) is 1. The number of carbonyl (C=O) groups excluding carboxylic acids is 2. The molecular weight excluding hydrogens is 260 g/mol. The summed E-state index contributed by atoms with van der Waals surface area (Å²) >= 11 is 0. The molecule has 0 radical (unpaired) electrons. The van der Waals surface area contributed by atoms with Gasteiger partial charge in [0.15, 0.2) is 0 Å². The molecular formula is C14H20N2O4. The van der Waals surface area contributed by atoms with Crippen LogP contribution in [0.25, 0.3) is 0 Å². The lowest BCUT2D eigenvalue weighted by molar-refractivity contribution is -0.144. The van der Waals surface area contributed by atoms with E-state index in [9.17, 15) is 9.59 Å². The van der Waals surface area contributed by atoms with Gasteiger partial charge in [0.05, 0.1) is 7.11 Å². The van der Waals surface area contributed by atoms with Crippen molar-refractivity contribution in [2.75, 3.05) is 7.11 Å². The molecule has 20 heavy (non-hydrogen) atoms. The maximum Gasteiger partial charge on any atom is 0.408 e. The van der Waals surface area contributed by atoms with E-state index in [0.29, 0.717) is 0 Å². The number of hydrogen-bond acceptors (Lipinski definition) is 5. The molecule has 0 spiro atoms. The van der Waals surface area contributed by atoms with Crippen LogP contribution < -0.4 is 5.32 Å². The Kier molecular flexibility index (Phi) is 5.96. The number of hydrogen-bond donors (Lipinski definition) is 1. The standard InChI is InChI=1S/C14H20N2O4/c1-9(2)12(13(17)19-4)16-14(18)20-8-11-5-10(3)6-15-7-11/h5-7,9,12H,8H2,1-4H3,(H,16,18)/t12-/m0/s1. The highest BCUT2D eigenvalue weighted by molar-refractivity contribution is 5.81. The quantitative estimate of drug-likeness (QED) is 0.832. The van der Waals surface area contributed by atoms with Crippen molar-refractivity contribution in [1.29, 1.82) is 0 Å². The second kappa shape index (κ2) is 7.47. The Bertz CT molecular complexity index is 474. The SMILES string of the molecule is COC(=O)[C@@H](NC(=O)OCc1cncc(C)c1)C(C)C. The molecule has 1 aromatic rings. The van der Waals surface area contributed by atoms with Crippen LogP contribution in [0, 0.1) is 12.8 Å². The van der Waals surface area contributed by atoms with Crippen LogP contribution in [0.3, 0.4) is 0 Å². The van der Waals surface area contributed by atoms with Crippen molar-refractivity contribution in [2.24, 2.45) is 5.92 Å². The largest absolute Gasteiger partial charge is 0.467 e. The highest BCUT2D eigenvalue weighted by atomic mass is 16.6. The molecule has 0 aliphatic heterocycles. The van der Waals surface area contributed by atoms with E-state index in [4.69, 9.17) is 4.74 Å². The van der Waals surface area contributed by atoms with Gasteiger partial charge in [-0.2, -0.15) is 0 Å². The first-order valence-corrected chi connectivity index (χ1v) is 6.35. The third-order valence-electron chi connectivity index (χ3n) is 2.70. The van der Waals surface area contributed by atoms with E-state index in [1.807, 2.05) is 26.8 Å². The van der Waals surface area contributed by atoms with Crippen LogP contribution in [0.4, 0.5) is 4.79 Å². The summed E-state index contributed by atoms with van der Waals surface area (Å²) in [6, 6.07) is 1.16. The van der Waals surface area contributed by atoms with Gasteiger partial charge in [0.25, 0.3) is 0 Å². The topological polar surface area (TPSA) is 77.5 Å². The average Bonchev–Trinajstić information content (AvgIpc) is 2.41. The molecule has 0 aromatic carbocycles. The Labute approximate surface area is 118 Å². The van der Waals surface area contributed by atoms with Crippen molar-refractivity contribution in [3.63, 3.8) is 0 Å². The van der Waals surface area contributed by atoms with Crippen molar-refractivity contribution in [2.45, 2.75) is 33.4 Å². The molecule has 6 nitrogen and oxygen atoms in total. The first-order valence-electron chi connectivity index (χ1n) is 6.35. The summed E-state index contributed by atoms with van der Waals surface area (Å²) in [5.74, 6) is -0.579. The number of rotatable bonds is 5. The second-order valence-corrected chi connectivity index (χ2v) is 4.84. The van der Waals surface area contributed by atoms with Gasteiger partial charge < -0.3 is 14.8 Å². The normalized spacial score (nSPS) is 11.8. The molecule has 0 bridgehead atoms. The molecule has 0 aliphatic rings. The van der Waals surface area contributed by atoms with Gasteiger partial charge in [0, 0.05) is 18.0 Å². The van der Waals surface area contributed by atoms with E-state index in [1.54, 1.807) is 12.4 Å². The van der Waals surface area contributed by atoms with Gasteiger partial charge in [-0.25, -0.2) is 9.59 Å². The van der Waals surface area contributed by atoms with Gasteiger partial charge in [-0.3, -0.25) is 4.98 Å². The van der Waals surface area contributed by atoms with Gasteiger partial charge in [-0.1, -0.05) is 13.8 Å². The number of alkyl carbamates (subject to hydrolysis) is 1. The molecule has 6 heteroatoms. The zero-order chi connectivity index (χ0) is 15.1. The molecule has 0 aliphatic carbocycles. The Morgan fingerprint density at radius 3 is 2.60 bits per heavy atom. The van der Waals surface area contributed by atoms with E-state index < -0.39 is 18.1 Å². The van der Waals surface area contributed by atoms with E-state index >= 15 is 0 Å². The smallest absolute Gasteiger partial charge is 0.408 e. The Hall–Kier alpha value is -2.11. The zero-order valence-corrected chi connectivity index (χ0v) is 12.2. The van der Waals surface area contributed by atoms with Crippen molar-refractivity contribution >= 4 is 12.1 Å². The minimum absolute atomic E-state index is 0.0874. The van der Waals surface area contributed by atoms with Crippen LogP contribution in [0.1, 0.15) is 25.0 Å². The lowest BCUT2D eigenvalue weighted by atomic mass is 10.1. The van der Waals surface area contributed by atoms with E-state index in [-0.39, 0.29) is 12.5 Å². The third kappa shape index (κ3) is 4.87. The zero-order valence-electron chi connectivity index (χ0n) is 12.2. The molecule has 0 fully saturated rings. The number of esters is 1. The molecule has 0 saturated carbocycles. The van der Waals surface area contributed by atoms with Crippen molar-refractivity contribution in [1.82, 2.24) is 10.3 Å².